The molecule has 1 amide bonds. The lowest BCUT2D eigenvalue weighted by atomic mass is 9.82. The number of rotatable bonds is 2. The molecule has 2 fully saturated rings. The number of nitrogens with zero attached hydrogens (tertiary/aromatic N) is 1. The van der Waals surface area contributed by atoms with E-state index in [4.69, 9.17) is 0 Å². The molecule has 1 aliphatic carbocycles. The zero-order chi connectivity index (χ0) is 11.4. The number of nitriles is 1. The van der Waals surface area contributed by atoms with E-state index >= 15 is 0 Å². The van der Waals surface area contributed by atoms with Gasteiger partial charge in [0.2, 0.25) is 5.91 Å². The van der Waals surface area contributed by atoms with Crippen LogP contribution in [0, 0.1) is 17.2 Å². The summed E-state index contributed by atoms with van der Waals surface area (Å²) in [6, 6.07) is 2.33. The third-order valence-electron chi connectivity index (χ3n) is 3.58. The van der Waals surface area contributed by atoms with Crippen molar-refractivity contribution >= 4 is 17.7 Å². The Morgan fingerprint density at radius 3 is 2.69 bits per heavy atom. The van der Waals surface area contributed by atoms with E-state index in [1.807, 2.05) is 11.8 Å². The maximum Gasteiger partial charge on any atom is 0.225 e. The van der Waals surface area contributed by atoms with Crippen LogP contribution >= 0.6 is 11.8 Å². The Morgan fingerprint density at radius 2 is 2.12 bits per heavy atom. The fourth-order valence-corrected chi connectivity index (χ4v) is 3.72. The molecule has 0 aromatic rings. The quantitative estimate of drug-likeness (QED) is 0.801. The van der Waals surface area contributed by atoms with Crippen molar-refractivity contribution < 1.29 is 4.79 Å². The molecule has 3 nitrogen and oxygen atoms in total. The van der Waals surface area contributed by atoms with Gasteiger partial charge in [-0.05, 0) is 25.0 Å². The fraction of sp³-hybridized carbons (Fsp3) is 0.833. The second-order valence-electron chi connectivity index (χ2n) is 4.80. The lowest BCUT2D eigenvalue weighted by molar-refractivity contribution is -0.125. The van der Waals surface area contributed by atoms with Gasteiger partial charge in [-0.2, -0.15) is 17.0 Å². The van der Waals surface area contributed by atoms with E-state index in [9.17, 15) is 10.1 Å². The molecule has 1 atom stereocenters. The zero-order valence-corrected chi connectivity index (χ0v) is 10.3. The van der Waals surface area contributed by atoms with Gasteiger partial charge in [0, 0.05) is 11.7 Å². The first-order valence-corrected chi connectivity index (χ1v) is 7.22. The SMILES string of the molecule is N#CC1(NC(=O)C2CCSC2)CCCCC1. The van der Waals surface area contributed by atoms with Gasteiger partial charge in [0.15, 0.2) is 0 Å². The normalized spacial score (nSPS) is 28.3. The summed E-state index contributed by atoms with van der Waals surface area (Å²) in [5.41, 5.74) is -0.553. The molecule has 0 radical (unpaired) electrons. The zero-order valence-electron chi connectivity index (χ0n) is 9.50. The smallest absolute Gasteiger partial charge is 0.225 e. The maximum atomic E-state index is 12.0. The average molecular weight is 238 g/mol. The molecular formula is C12H18N2OS. The molecule has 88 valence electrons. The Morgan fingerprint density at radius 1 is 1.38 bits per heavy atom. The third-order valence-corrected chi connectivity index (χ3v) is 4.75. The summed E-state index contributed by atoms with van der Waals surface area (Å²) in [5, 5.41) is 12.3. The van der Waals surface area contributed by atoms with Crippen molar-refractivity contribution in [3.05, 3.63) is 0 Å². The van der Waals surface area contributed by atoms with Gasteiger partial charge in [-0.25, -0.2) is 0 Å². The third kappa shape index (κ3) is 2.52. The van der Waals surface area contributed by atoms with Crippen LogP contribution in [0.1, 0.15) is 38.5 Å². The molecule has 1 unspecified atom stereocenters. The molecule has 1 saturated heterocycles. The van der Waals surface area contributed by atoms with Crippen LogP contribution in [-0.4, -0.2) is 23.0 Å². The predicted molar refractivity (Wildman–Crippen MR) is 65.0 cm³/mol. The van der Waals surface area contributed by atoms with Gasteiger partial charge in [-0.15, -0.1) is 0 Å². The molecule has 0 bridgehead atoms. The van der Waals surface area contributed by atoms with Crippen LogP contribution in [0.15, 0.2) is 0 Å². The number of carbonyl (C=O) groups excluding carboxylic acids is 1. The number of thioether (sulfide) groups is 1. The minimum Gasteiger partial charge on any atom is -0.338 e. The van der Waals surface area contributed by atoms with Crippen molar-refractivity contribution in [3.63, 3.8) is 0 Å². The highest BCUT2D eigenvalue weighted by atomic mass is 32.2. The Hall–Kier alpha value is -0.690. The fourth-order valence-electron chi connectivity index (χ4n) is 2.50. The second kappa shape index (κ2) is 5.09. The van der Waals surface area contributed by atoms with Gasteiger partial charge in [0.1, 0.15) is 5.54 Å². The second-order valence-corrected chi connectivity index (χ2v) is 5.95. The van der Waals surface area contributed by atoms with Crippen LogP contribution in [0.3, 0.4) is 0 Å². The molecule has 0 aromatic heterocycles. The molecule has 2 aliphatic rings. The number of carbonyl (C=O) groups is 1. The van der Waals surface area contributed by atoms with Gasteiger partial charge >= 0.3 is 0 Å². The topological polar surface area (TPSA) is 52.9 Å². The molecule has 1 N–H and O–H groups in total. The van der Waals surface area contributed by atoms with Crippen molar-refractivity contribution in [2.75, 3.05) is 11.5 Å². The van der Waals surface area contributed by atoms with E-state index in [1.54, 1.807) is 0 Å². The van der Waals surface area contributed by atoms with Gasteiger partial charge in [0.05, 0.1) is 6.07 Å². The molecular weight excluding hydrogens is 220 g/mol. The number of amides is 1. The van der Waals surface area contributed by atoms with E-state index in [0.717, 1.165) is 43.6 Å². The summed E-state index contributed by atoms with van der Waals surface area (Å²) in [5.74, 6) is 2.25. The number of hydrogen-bond acceptors (Lipinski definition) is 3. The highest BCUT2D eigenvalue weighted by Crippen LogP contribution is 2.29. The Bertz CT molecular complexity index is 299. The lowest BCUT2D eigenvalue weighted by Gasteiger charge is -2.32. The Balaban J connectivity index is 1.95. The van der Waals surface area contributed by atoms with Crippen molar-refractivity contribution in [3.8, 4) is 6.07 Å². The highest BCUT2D eigenvalue weighted by molar-refractivity contribution is 7.99. The van der Waals surface area contributed by atoms with E-state index in [0.29, 0.717) is 0 Å². The summed E-state index contributed by atoms with van der Waals surface area (Å²) >= 11 is 1.84. The summed E-state index contributed by atoms with van der Waals surface area (Å²) in [6.45, 7) is 0. The van der Waals surface area contributed by atoms with Gasteiger partial charge in [-0.1, -0.05) is 19.3 Å². The maximum absolute atomic E-state index is 12.0. The van der Waals surface area contributed by atoms with Crippen LogP contribution in [0.4, 0.5) is 0 Å². The van der Waals surface area contributed by atoms with Crippen LogP contribution in [-0.2, 0) is 4.79 Å². The van der Waals surface area contributed by atoms with Crippen molar-refractivity contribution in [2.24, 2.45) is 5.92 Å². The monoisotopic (exact) mass is 238 g/mol. The van der Waals surface area contributed by atoms with Gasteiger partial charge in [0.25, 0.3) is 0 Å². The standard InChI is InChI=1S/C12H18N2OS/c13-9-12(5-2-1-3-6-12)14-11(15)10-4-7-16-8-10/h10H,1-8H2,(H,14,15). The molecule has 2 rings (SSSR count). The molecule has 4 heteroatoms. The molecule has 16 heavy (non-hydrogen) atoms. The summed E-state index contributed by atoms with van der Waals surface area (Å²) in [4.78, 5) is 12.0. The minimum atomic E-state index is -0.553. The highest BCUT2D eigenvalue weighted by Gasteiger charge is 2.36. The first-order chi connectivity index (χ1) is 7.76. The van der Waals surface area contributed by atoms with Crippen LogP contribution < -0.4 is 5.32 Å². The molecule has 1 aliphatic heterocycles. The van der Waals surface area contributed by atoms with Gasteiger partial charge in [-0.3, -0.25) is 4.79 Å². The number of nitrogens with one attached hydrogen (secondary N) is 1. The van der Waals surface area contributed by atoms with Crippen molar-refractivity contribution in [1.29, 1.82) is 5.26 Å². The molecule has 0 spiro atoms. The lowest BCUT2D eigenvalue weighted by Crippen LogP contribution is -2.50. The van der Waals surface area contributed by atoms with Crippen LogP contribution in [0.25, 0.3) is 0 Å². The first-order valence-electron chi connectivity index (χ1n) is 6.07. The molecule has 1 saturated carbocycles. The van der Waals surface area contributed by atoms with Crippen molar-refractivity contribution in [1.82, 2.24) is 5.32 Å². The summed E-state index contributed by atoms with van der Waals surface area (Å²) in [7, 11) is 0. The van der Waals surface area contributed by atoms with Crippen molar-refractivity contribution in [2.45, 2.75) is 44.1 Å². The average Bonchev–Trinajstić information content (AvgIpc) is 2.84. The largest absolute Gasteiger partial charge is 0.338 e. The van der Waals surface area contributed by atoms with E-state index < -0.39 is 5.54 Å². The van der Waals surface area contributed by atoms with E-state index in [1.165, 1.54) is 6.42 Å². The Labute approximate surface area is 101 Å². The van der Waals surface area contributed by atoms with Crippen LogP contribution in [0.2, 0.25) is 0 Å². The molecule has 1 heterocycles. The number of hydrogen-bond donors (Lipinski definition) is 1. The van der Waals surface area contributed by atoms with Gasteiger partial charge < -0.3 is 5.32 Å². The van der Waals surface area contributed by atoms with E-state index in [2.05, 4.69) is 11.4 Å². The summed E-state index contributed by atoms with van der Waals surface area (Å²) in [6.07, 6.45) is 5.95. The minimum absolute atomic E-state index is 0.105. The van der Waals surface area contributed by atoms with E-state index in [-0.39, 0.29) is 11.8 Å². The predicted octanol–water partition coefficient (Wildman–Crippen LogP) is 2.08. The van der Waals surface area contributed by atoms with Crippen LogP contribution in [0.5, 0.6) is 0 Å². The summed E-state index contributed by atoms with van der Waals surface area (Å²) < 4.78 is 0. The Kier molecular flexibility index (Phi) is 3.75. The molecule has 0 aromatic carbocycles. The first kappa shape index (κ1) is 11.8.